The lowest BCUT2D eigenvalue weighted by molar-refractivity contribution is 0.0963. The van der Waals surface area contributed by atoms with Gasteiger partial charge in [-0.1, -0.05) is 38.1 Å². The second kappa shape index (κ2) is 5.85. The summed E-state index contributed by atoms with van der Waals surface area (Å²) in [4.78, 5) is 0. The Morgan fingerprint density at radius 2 is 1.78 bits per heavy atom. The minimum Gasteiger partial charge on any atom is -0.378 e. The molecular formula is C16H25NO. The van der Waals surface area contributed by atoms with Crippen molar-refractivity contribution in [3.05, 3.63) is 35.4 Å². The number of rotatable bonds is 4. The summed E-state index contributed by atoms with van der Waals surface area (Å²) in [5.74, 6) is 1.18. The van der Waals surface area contributed by atoms with Gasteiger partial charge in [0.25, 0.3) is 0 Å². The van der Waals surface area contributed by atoms with Gasteiger partial charge >= 0.3 is 0 Å². The van der Waals surface area contributed by atoms with Crippen LogP contribution in [0.15, 0.2) is 24.3 Å². The predicted molar refractivity (Wildman–Crippen MR) is 75.9 cm³/mol. The number of benzene rings is 1. The molecule has 3 unspecified atom stereocenters. The molecule has 2 heteroatoms. The van der Waals surface area contributed by atoms with E-state index in [9.17, 15) is 0 Å². The molecular weight excluding hydrogens is 222 g/mol. The molecule has 2 rings (SSSR count). The van der Waals surface area contributed by atoms with Crippen molar-refractivity contribution in [2.45, 2.75) is 45.3 Å². The van der Waals surface area contributed by atoms with E-state index in [1.54, 1.807) is 0 Å². The zero-order valence-electron chi connectivity index (χ0n) is 11.9. The summed E-state index contributed by atoms with van der Waals surface area (Å²) in [6.07, 6.45) is 1.51. The van der Waals surface area contributed by atoms with E-state index in [0.717, 1.165) is 13.0 Å². The monoisotopic (exact) mass is 247 g/mol. The quantitative estimate of drug-likeness (QED) is 0.879. The van der Waals surface area contributed by atoms with E-state index in [1.165, 1.54) is 11.1 Å². The molecule has 0 saturated carbocycles. The summed E-state index contributed by atoms with van der Waals surface area (Å²) in [6, 6.07) is 9.45. The second-order valence-corrected chi connectivity index (χ2v) is 5.62. The van der Waals surface area contributed by atoms with Gasteiger partial charge in [0, 0.05) is 18.6 Å². The molecule has 1 aromatic carbocycles. The highest BCUT2D eigenvalue weighted by molar-refractivity contribution is 5.27. The molecule has 0 aromatic heterocycles. The van der Waals surface area contributed by atoms with Crippen LogP contribution in [0.4, 0.5) is 0 Å². The van der Waals surface area contributed by atoms with Crippen LogP contribution in [-0.4, -0.2) is 19.8 Å². The molecule has 1 aliphatic heterocycles. The van der Waals surface area contributed by atoms with Crippen molar-refractivity contribution < 1.29 is 4.74 Å². The average Bonchev–Trinajstić information content (AvgIpc) is 2.78. The number of ether oxygens (including phenoxy) is 1. The van der Waals surface area contributed by atoms with Crippen molar-refractivity contribution >= 4 is 0 Å². The molecule has 1 aromatic rings. The van der Waals surface area contributed by atoms with E-state index in [4.69, 9.17) is 4.74 Å². The number of nitrogens with one attached hydrogen (secondary N) is 1. The number of hydrogen-bond donors (Lipinski definition) is 1. The molecule has 100 valence electrons. The SMILES string of the molecule is CNC(c1ccc(C(C)C)cc1)C1CCOC1C. The van der Waals surface area contributed by atoms with Gasteiger partial charge < -0.3 is 10.1 Å². The Balaban J connectivity index is 2.17. The summed E-state index contributed by atoms with van der Waals surface area (Å²) < 4.78 is 5.69. The summed E-state index contributed by atoms with van der Waals surface area (Å²) in [6.45, 7) is 7.55. The Labute approximate surface area is 111 Å². The molecule has 0 bridgehead atoms. The molecule has 0 amide bonds. The van der Waals surface area contributed by atoms with Crippen LogP contribution in [0.2, 0.25) is 0 Å². The molecule has 1 heterocycles. The van der Waals surface area contributed by atoms with E-state index in [1.807, 2.05) is 7.05 Å². The molecule has 1 fully saturated rings. The summed E-state index contributed by atoms with van der Waals surface area (Å²) in [5, 5.41) is 3.46. The van der Waals surface area contributed by atoms with Gasteiger partial charge in [0.05, 0.1) is 6.10 Å². The zero-order chi connectivity index (χ0) is 13.1. The first kappa shape index (κ1) is 13.6. The molecule has 0 radical (unpaired) electrons. The molecule has 1 aliphatic rings. The smallest absolute Gasteiger partial charge is 0.0594 e. The highest BCUT2D eigenvalue weighted by Gasteiger charge is 2.31. The van der Waals surface area contributed by atoms with Gasteiger partial charge in [-0.3, -0.25) is 0 Å². The predicted octanol–water partition coefficient (Wildman–Crippen LogP) is 3.50. The Kier molecular flexibility index (Phi) is 4.41. The largest absolute Gasteiger partial charge is 0.378 e. The lowest BCUT2D eigenvalue weighted by atomic mass is 9.87. The highest BCUT2D eigenvalue weighted by Crippen LogP contribution is 2.33. The van der Waals surface area contributed by atoms with Crippen molar-refractivity contribution in [2.75, 3.05) is 13.7 Å². The van der Waals surface area contributed by atoms with Crippen LogP contribution in [0.5, 0.6) is 0 Å². The van der Waals surface area contributed by atoms with Gasteiger partial charge in [-0.25, -0.2) is 0 Å². The van der Waals surface area contributed by atoms with E-state index >= 15 is 0 Å². The lowest BCUT2D eigenvalue weighted by Gasteiger charge is -2.26. The van der Waals surface area contributed by atoms with Crippen LogP contribution in [0, 0.1) is 5.92 Å². The third kappa shape index (κ3) is 2.76. The van der Waals surface area contributed by atoms with Gasteiger partial charge in [0.15, 0.2) is 0 Å². The Hall–Kier alpha value is -0.860. The number of hydrogen-bond acceptors (Lipinski definition) is 2. The van der Waals surface area contributed by atoms with Crippen molar-refractivity contribution in [2.24, 2.45) is 5.92 Å². The van der Waals surface area contributed by atoms with E-state index in [-0.39, 0.29) is 0 Å². The zero-order valence-corrected chi connectivity index (χ0v) is 11.9. The van der Waals surface area contributed by atoms with Crippen molar-refractivity contribution in [3.8, 4) is 0 Å². The first-order chi connectivity index (χ1) is 8.63. The summed E-state index contributed by atoms with van der Waals surface area (Å²) in [7, 11) is 2.05. The minimum absolute atomic E-state index is 0.354. The molecule has 1 N–H and O–H groups in total. The first-order valence-electron chi connectivity index (χ1n) is 7.02. The molecule has 18 heavy (non-hydrogen) atoms. The maximum atomic E-state index is 5.69. The summed E-state index contributed by atoms with van der Waals surface area (Å²) in [5.41, 5.74) is 2.79. The Morgan fingerprint density at radius 1 is 1.17 bits per heavy atom. The maximum Gasteiger partial charge on any atom is 0.0594 e. The van der Waals surface area contributed by atoms with Gasteiger partial charge in [0.2, 0.25) is 0 Å². The van der Waals surface area contributed by atoms with Crippen LogP contribution >= 0.6 is 0 Å². The van der Waals surface area contributed by atoms with E-state index in [0.29, 0.717) is 24.0 Å². The molecule has 2 nitrogen and oxygen atoms in total. The van der Waals surface area contributed by atoms with Gasteiger partial charge in [-0.2, -0.15) is 0 Å². The molecule has 0 aliphatic carbocycles. The van der Waals surface area contributed by atoms with Crippen molar-refractivity contribution in [3.63, 3.8) is 0 Å². The van der Waals surface area contributed by atoms with Crippen molar-refractivity contribution in [1.29, 1.82) is 0 Å². The van der Waals surface area contributed by atoms with Crippen LogP contribution in [0.3, 0.4) is 0 Å². The van der Waals surface area contributed by atoms with Crippen LogP contribution in [0.25, 0.3) is 0 Å². The van der Waals surface area contributed by atoms with Crippen molar-refractivity contribution in [1.82, 2.24) is 5.32 Å². The molecule has 0 spiro atoms. The molecule has 1 saturated heterocycles. The van der Waals surface area contributed by atoms with E-state index < -0.39 is 0 Å². The fourth-order valence-corrected chi connectivity index (χ4v) is 2.90. The minimum atomic E-state index is 0.354. The van der Waals surface area contributed by atoms with Crippen LogP contribution in [-0.2, 0) is 4.74 Å². The van der Waals surface area contributed by atoms with Gasteiger partial charge in [-0.05, 0) is 37.4 Å². The average molecular weight is 247 g/mol. The Morgan fingerprint density at radius 3 is 2.22 bits per heavy atom. The van der Waals surface area contributed by atoms with E-state index in [2.05, 4.69) is 50.4 Å². The van der Waals surface area contributed by atoms with Gasteiger partial charge in [-0.15, -0.1) is 0 Å². The molecule has 3 atom stereocenters. The Bertz CT molecular complexity index is 371. The standard InChI is InChI=1S/C16H25NO/c1-11(2)13-5-7-14(8-6-13)16(17-4)15-9-10-18-12(15)3/h5-8,11-12,15-17H,9-10H2,1-4H3. The lowest BCUT2D eigenvalue weighted by Crippen LogP contribution is -2.29. The fourth-order valence-electron chi connectivity index (χ4n) is 2.90. The van der Waals surface area contributed by atoms with Crippen LogP contribution in [0.1, 0.15) is 50.3 Å². The fraction of sp³-hybridized carbons (Fsp3) is 0.625. The maximum absolute atomic E-state index is 5.69. The van der Waals surface area contributed by atoms with Gasteiger partial charge in [0.1, 0.15) is 0 Å². The highest BCUT2D eigenvalue weighted by atomic mass is 16.5. The third-order valence-electron chi connectivity index (χ3n) is 4.14. The third-order valence-corrected chi connectivity index (χ3v) is 4.14. The second-order valence-electron chi connectivity index (χ2n) is 5.62. The normalized spacial score (nSPS) is 25.6. The topological polar surface area (TPSA) is 21.3 Å². The van der Waals surface area contributed by atoms with Crippen LogP contribution < -0.4 is 5.32 Å². The summed E-state index contributed by atoms with van der Waals surface area (Å²) >= 11 is 0. The first-order valence-corrected chi connectivity index (χ1v) is 7.02.